The largest absolute Gasteiger partial charge is 0.381 e. The SMILES string of the molecule is C=CC(=O)N(CCCCOCCCCN(Cc1ccccc1)C(=O)C=C)Cc1ccccc1. The van der Waals surface area contributed by atoms with Crippen LogP contribution in [-0.2, 0) is 27.4 Å². The van der Waals surface area contributed by atoms with Crippen molar-refractivity contribution in [1.82, 2.24) is 9.80 Å². The lowest BCUT2D eigenvalue weighted by molar-refractivity contribution is -0.127. The molecule has 0 saturated heterocycles. The molecule has 0 heterocycles. The Morgan fingerprint density at radius 1 is 0.667 bits per heavy atom. The Bertz CT molecular complexity index is 780. The second-order valence-corrected chi connectivity index (χ2v) is 7.93. The predicted octanol–water partition coefficient (Wildman–Crippen LogP) is 4.99. The number of carbonyl (C=O) groups excluding carboxylic acids is 2. The molecule has 0 aliphatic heterocycles. The van der Waals surface area contributed by atoms with Gasteiger partial charge in [0, 0.05) is 39.4 Å². The monoisotopic (exact) mass is 448 g/mol. The minimum absolute atomic E-state index is 0.0473. The van der Waals surface area contributed by atoms with E-state index in [0.29, 0.717) is 39.4 Å². The minimum Gasteiger partial charge on any atom is -0.381 e. The van der Waals surface area contributed by atoms with Crippen LogP contribution in [0.3, 0.4) is 0 Å². The fourth-order valence-corrected chi connectivity index (χ4v) is 3.52. The summed E-state index contributed by atoms with van der Waals surface area (Å²) < 4.78 is 5.76. The highest BCUT2D eigenvalue weighted by Crippen LogP contribution is 2.09. The van der Waals surface area contributed by atoms with E-state index in [1.54, 1.807) is 0 Å². The fourth-order valence-electron chi connectivity index (χ4n) is 3.52. The molecule has 0 aliphatic carbocycles. The van der Waals surface area contributed by atoms with Crippen LogP contribution in [0.2, 0.25) is 0 Å². The van der Waals surface area contributed by atoms with Crippen molar-refractivity contribution in [3.05, 3.63) is 97.1 Å². The Morgan fingerprint density at radius 3 is 1.42 bits per heavy atom. The van der Waals surface area contributed by atoms with Crippen LogP contribution in [0.1, 0.15) is 36.8 Å². The van der Waals surface area contributed by atoms with Gasteiger partial charge in [-0.3, -0.25) is 9.59 Å². The van der Waals surface area contributed by atoms with Crippen molar-refractivity contribution in [3.8, 4) is 0 Å². The molecule has 0 unspecified atom stereocenters. The van der Waals surface area contributed by atoms with Crippen LogP contribution in [0.5, 0.6) is 0 Å². The number of amides is 2. The zero-order valence-electron chi connectivity index (χ0n) is 19.5. The summed E-state index contributed by atoms with van der Waals surface area (Å²) in [7, 11) is 0. The molecular formula is C28H36N2O3. The summed E-state index contributed by atoms with van der Waals surface area (Å²) in [4.78, 5) is 27.9. The maximum absolute atomic E-state index is 12.1. The molecule has 2 amide bonds. The zero-order valence-corrected chi connectivity index (χ0v) is 19.5. The standard InChI is InChI=1S/C28H36N2O3/c1-3-27(31)29(23-25-15-7-5-8-16-25)19-11-13-21-33-22-14-12-20-30(28(32)4-2)24-26-17-9-6-10-18-26/h3-10,15-18H,1-2,11-14,19-24H2. The zero-order chi connectivity index (χ0) is 23.7. The molecule has 0 N–H and O–H groups in total. The van der Waals surface area contributed by atoms with Gasteiger partial charge in [0.1, 0.15) is 0 Å². The van der Waals surface area contributed by atoms with E-state index < -0.39 is 0 Å². The van der Waals surface area contributed by atoms with Crippen molar-refractivity contribution >= 4 is 11.8 Å². The maximum Gasteiger partial charge on any atom is 0.246 e. The normalized spacial score (nSPS) is 10.4. The van der Waals surface area contributed by atoms with Gasteiger partial charge in [-0.05, 0) is 49.0 Å². The Labute approximate surface area is 198 Å². The van der Waals surface area contributed by atoms with Crippen LogP contribution < -0.4 is 0 Å². The van der Waals surface area contributed by atoms with E-state index in [4.69, 9.17) is 4.74 Å². The van der Waals surface area contributed by atoms with Gasteiger partial charge in [-0.1, -0.05) is 73.8 Å². The van der Waals surface area contributed by atoms with E-state index in [1.807, 2.05) is 70.5 Å². The van der Waals surface area contributed by atoms with Gasteiger partial charge >= 0.3 is 0 Å². The second kappa shape index (κ2) is 15.6. The number of carbonyl (C=O) groups is 2. The predicted molar refractivity (Wildman–Crippen MR) is 133 cm³/mol. The molecule has 0 atom stereocenters. The number of unbranched alkanes of at least 4 members (excludes halogenated alkanes) is 2. The number of hydrogen-bond donors (Lipinski definition) is 0. The number of nitrogens with zero attached hydrogens (tertiary/aromatic N) is 2. The topological polar surface area (TPSA) is 49.9 Å². The van der Waals surface area contributed by atoms with Gasteiger partial charge in [0.15, 0.2) is 0 Å². The molecule has 0 fully saturated rings. The molecule has 0 radical (unpaired) electrons. The third kappa shape index (κ3) is 10.3. The summed E-state index contributed by atoms with van der Waals surface area (Å²) in [5, 5.41) is 0. The van der Waals surface area contributed by atoms with Gasteiger partial charge in [0.05, 0.1) is 0 Å². The highest BCUT2D eigenvalue weighted by Gasteiger charge is 2.11. The van der Waals surface area contributed by atoms with Gasteiger partial charge in [0.25, 0.3) is 0 Å². The van der Waals surface area contributed by atoms with Crippen molar-refractivity contribution < 1.29 is 14.3 Å². The first-order valence-electron chi connectivity index (χ1n) is 11.6. The molecule has 0 bridgehead atoms. The van der Waals surface area contributed by atoms with Crippen molar-refractivity contribution in [3.63, 3.8) is 0 Å². The van der Waals surface area contributed by atoms with Crippen molar-refractivity contribution in [2.75, 3.05) is 26.3 Å². The molecule has 2 rings (SSSR count). The average molecular weight is 449 g/mol. The molecule has 176 valence electrons. The third-order valence-electron chi connectivity index (χ3n) is 5.34. The summed E-state index contributed by atoms with van der Waals surface area (Å²) in [5.74, 6) is -0.0946. The van der Waals surface area contributed by atoms with Crippen molar-refractivity contribution in [2.24, 2.45) is 0 Å². The number of rotatable bonds is 16. The third-order valence-corrected chi connectivity index (χ3v) is 5.34. The lowest BCUT2D eigenvalue weighted by Gasteiger charge is -2.21. The lowest BCUT2D eigenvalue weighted by Crippen LogP contribution is -2.30. The molecule has 5 heteroatoms. The van der Waals surface area contributed by atoms with Crippen LogP contribution in [0.25, 0.3) is 0 Å². The Morgan fingerprint density at radius 2 is 1.06 bits per heavy atom. The Kier molecular flexibility index (Phi) is 12.3. The molecule has 0 saturated carbocycles. The smallest absolute Gasteiger partial charge is 0.246 e. The average Bonchev–Trinajstić information content (AvgIpc) is 2.86. The first-order chi connectivity index (χ1) is 16.1. The summed E-state index contributed by atoms with van der Waals surface area (Å²) >= 11 is 0. The highest BCUT2D eigenvalue weighted by molar-refractivity contribution is 5.87. The molecule has 0 aliphatic rings. The van der Waals surface area contributed by atoms with Gasteiger partial charge in [-0.25, -0.2) is 0 Å². The van der Waals surface area contributed by atoms with Crippen LogP contribution in [-0.4, -0.2) is 47.9 Å². The van der Waals surface area contributed by atoms with Gasteiger partial charge in [0.2, 0.25) is 11.8 Å². The van der Waals surface area contributed by atoms with E-state index in [0.717, 1.165) is 36.8 Å². The Balaban J connectivity index is 1.60. The first kappa shape index (κ1) is 26.1. The van der Waals surface area contributed by atoms with E-state index in [2.05, 4.69) is 13.2 Å². The van der Waals surface area contributed by atoms with Crippen molar-refractivity contribution in [2.45, 2.75) is 38.8 Å². The van der Waals surface area contributed by atoms with E-state index >= 15 is 0 Å². The number of hydrogen-bond acceptors (Lipinski definition) is 3. The molecule has 5 nitrogen and oxygen atoms in total. The van der Waals surface area contributed by atoms with Gasteiger partial charge < -0.3 is 14.5 Å². The summed E-state index contributed by atoms with van der Waals surface area (Å²) in [6, 6.07) is 20.0. The molecule has 33 heavy (non-hydrogen) atoms. The van der Waals surface area contributed by atoms with E-state index in [1.165, 1.54) is 12.2 Å². The van der Waals surface area contributed by atoms with Crippen LogP contribution >= 0.6 is 0 Å². The van der Waals surface area contributed by atoms with Gasteiger partial charge in [-0.15, -0.1) is 0 Å². The number of ether oxygens (including phenoxy) is 1. The molecular weight excluding hydrogens is 412 g/mol. The van der Waals surface area contributed by atoms with Gasteiger partial charge in [-0.2, -0.15) is 0 Å². The number of benzene rings is 2. The lowest BCUT2D eigenvalue weighted by atomic mass is 10.2. The molecule has 2 aromatic carbocycles. The van der Waals surface area contributed by atoms with E-state index in [-0.39, 0.29) is 11.8 Å². The summed E-state index contributed by atoms with van der Waals surface area (Å²) in [6.45, 7) is 11.1. The molecule has 0 aromatic heterocycles. The molecule has 0 spiro atoms. The maximum atomic E-state index is 12.1. The molecule has 2 aromatic rings. The van der Waals surface area contributed by atoms with Crippen LogP contribution in [0.4, 0.5) is 0 Å². The second-order valence-electron chi connectivity index (χ2n) is 7.93. The fraction of sp³-hybridized carbons (Fsp3) is 0.357. The quantitative estimate of drug-likeness (QED) is 0.268. The Hall–Kier alpha value is -3.18. The summed E-state index contributed by atoms with van der Waals surface area (Å²) in [6.07, 6.45) is 6.29. The van der Waals surface area contributed by atoms with Crippen LogP contribution in [0, 0.1) is 0 Å². The first-order valence-corrected chi connectivity index (χ1v) is 11.6. The summed E-state index contributed by atoms with van der Waals surface area (Å²) in [5.41, 5.74) is 2.22. The van der Waals surface area contributed by atoms with E-state index in [9.17, 15) is 9.59 Å². The minimum atomic E-state index is -0.0473. The van der Waals surface area contributed by atoms with Crippen molar-refractivity contribution in [1.29, 1.82) is 0 Å². The highest BCUT2D eigenvalue weighted by atomic mass is 16.5. The van der Waals surface area contributed by atoms with Crippen LogP contribution in [0.15, 0.2) is 86.0 Å².